The van der Waals surface area contributed by atoms with Gasteiger partial charge in [0.05, 0.1) is 6.54 Å². The van der Waals surface area contributed by atoms with E-state index in [9.17, 15) is 0 Å². The molecule has 1 aromatic carbocycles. The molecule has 0 radical (unpaired) electrons. The molecule has 1 unspecified atom stereocenters. The number of nitrogens with one attached hydrogen (secondary N) is 1. The number of rotatable bonds is 4. The maximum absolute atomic E-state index is 4.22. The van der Waals surface area contributed by atoms with Crippen molar-refractivity contribution in [3.63, 3.8) is 0 Å². The van der Waals surface area contributed by atoms with E-state index >= 15 is 0 Å². The van der Waals surface area contributed by atoms with Crippen LogP contribution in [0.5, 0.6) is 0 Å². The Morgan fingerprint density at radius 2 is 2.28 bits per heavy atom. The van der Waals surface area contributed by atoms with Gasteiger partial charge in [0.25, 0.3) is 0 Å². The zero-order valence-electron chi connectivity index (χ0n) is 10.2. The standard InChI is InChI=1S/C14H17N3S/c1-2-5-14-12(4-1)13(6-11-18-14)15-8-10-17-9-3-7-16-17/h1-5,7,9,13,15H,6,8,10-11H2. The van der Waals surface area contributed by atoms with Crippen LogP contribution in [-0.4, -0.2) is 22.1 Å². The summed E-state index contributed by atoms with van der Waals surface area (Å²) in [6, 6.07) is 11.2. The van der Waals surface area contributed by atoms with Gasteiger partial charge in [-0.25, -0.2) is 0 Å². The fourth-order valence-electron chi connectivity index (χ4n) is 2.34. The lowest BCUT2D eigenvalue weighted by molar-refractivity contribution is 0.471. The third-order valence-electron chi connectivity index (χ3n) is 3.25. The highest BCUT2D eigenvalue weighted by Crippen LogP contribution is 2.35. The van der Waals surface area contributed by atoms with Crippen molar-refractivity contribution in [2.24, 2.45) is 0 Å². The van der Waals surface area contributed by atoms with Crippen LogP contribution < -0.4 is 5.32 Å². The summed E-state index contributed by atoms with van der Waals surface area (Å²) in [5.74, 6) is 1.20. The summed E-state index contributed by atoms with van der Waals surface area (Å²) < 4.78 is 1.97. The van der Waals surface area contributed by atoms with Gasteiger partial charge >= 0.3 is 0 Å². The maximum Gasteiger partial charge on any atom is 0.0534 e. The number of fused-ring (bicyclic) bond motifs is 1. The molecular formula is C14H17N3S. The van der Waals surface area contributed by atoms with Crippen LogP contribution in [0.15, 0.2) is 47.6 Å². The van der Waals surface area contributed by atoms with Crippen LogP contribution in [0, 0.1) is 0 Å². The van der Waals surface area contributed by atoms with Crippen LogP contribution in [-0.2, 0) is 6.54 Å². The highest BCUT2D eigenvalue weighted by atomic mass is 32.2. The van der Waals surface area contributed by atoms with E-state index in [4.69, 9.17) is 0 Å². The molecule has 94 valence electrons. The van der Waals surface area contributed by atoms with Crippen LogP contribution >= 0.6 is 11.8 Å². The first kappa shape index (κ1) is 11.8. The second-order valence-electron chi connectivity index (χ2n) is 4.45. The van der Waals surface area contributed by atoms with Gasteiger partial charge in [-0.2, -0.15) is 5.10 Å². The molecule has 3 rings (SSSR count). The molecule has 1 atom stereocenters. The van der Waals surface area contributed by atoms with Crippen molar-refractivity contribution >= 4 is 11.8 Å². The maximum atomic E-state index is 4.22. The van der Waals surface area contributed by atoms with Crippen LogP contribution in [0.2, 0.25) is 0 Å². The molecule has 2 aromatic rings. The number of hydrogen-bond donors (Lipinski definition) is 1. The predicted octanol–water partition coefficient (Wildman–Crippen LogP) is 2.71. The van der Waals surface area contributed by atoms with Gasteiger partial charge in [0.2, 0.25) is 0 Å². The van der Waals surface area contributed by atoms with E-state index in [-0.39, 0.29) is 0 Å². The Kier molecular flexibility index (Phi) is 3.67. The summed E-state index contributed by atoms with van der Waals surface area (Å²) >= 11 is 1.97. The number of nitrogens with zero attached hydrogens (tertiary/aromatic N) is 2. The molecule has 0 saturated heterocycles. The quantitative estimate of drug-likeness (QED) is 0.915. The van der Waals surface area contributed by atoms with E-state index in [0.29, 0.717) is 6.04 Å². The summed E-state index contributed by atoms with van der Waals surface area (Å²) in [5, 5.41) is 7.86. The number of aromatic nitrogens is 2. The van der Waals surface area contributed by atoms with Crippen LogP contribution in [0.3, 0.4) is 0 Å². The van der Waals surface area contributed by atoms with Crippen molar-refractivity contribution < 1.29 is 0 Å². The molecule has 1 aromatic heterocycles. The lowest BCUT2D eigenvalue weighted by Gasteiger charge is -2.26. The van der Waals surface area contributed by atoms with Crippen LogP contribution in [0.4, 0.5) is 0 Å². The van der Waals surface area contributed by atoms with Gasteiger partial charge in [0, 0.05) is 29.9 Å². The van der Waals surface area contributed by atoms with Gasteiger partial charge in [-0.3, -0.25) is 4.68 Å². The molecule has 18 heavy (non-hydrogen) atoms. The highest BCUT2D eigenvalue weighted by Gasteiger charge is 2.19. The topological polar surface area (TPSA) is 29.9 Å². The molecule has 3 nitrogen and oxygen atoms in total. The number of thioether (sulfide) groups is 1. The minimum atomic E-state index is 0.498. The van der Waals surface area contributed by atoms with E-state index in [1.807, 2.05) is 34.9 Å². The molecule has 0 fully saturated rings. The molecule has 1 aliphatic heterocycles. The first-order valence-corrected chi connectivity index (χ1v) is 7.34. The zero-order valence-corrected chi connectivity index (χ0v) is 11.1. The van der Waals surface area contributed by atoms with Crippen LogP contribution in [0.1, 0.15) is 18.0 Å². The van der Waals surface area contributed by atoms with Crippen molar-refractivity contribution in [3.8, 4) is 0 Å². The Balaban J connectivity index is 1.60. The summed E-state index contributed by atoms with van der Waals surface area (Å²) in [5.41, 5.74) is 1.45. The SMILES string of the molecule is c1ccc2c(c1)SCCC2NCCn1cccn1. The molecule has 2 heterocycles. The first-order chi connectivity index (χ1) is 8.93. The van der Waals surface area contributed by atoms with Gasteiger partial charge in [-0.1, -0.05) is 18.2 Å². The Labute approximate surface area is 112 Å². The molecule has 4 heteroatoms. The van der Waals surface area contributed by atoms with Gasteiger partial charge < -0.3 is 5.32 Å². The average molecular weight is 259 g/mol. The third kappa shape index (κ3) is 2.60. The molecule has 0 spiro atoms. The fraction of sp³-hybridized carbons (Fsp3) is 0.357. The van der Waals surface area contributed by atoms with Gasteiger partial charge in [0.15, 0.2) is 0 Å². The summed E-state index contributed by atoms with van der Waals surface area (Å²) in [6.07, 6.45) is 5.04. The molecule has 1 aliphatic rings. The largest absolute Gasteiger partial charge is 0.308 e. The molecule has 0 bridgehead atoms. The number of benzene rings is 1. The minimum absolute atomic E-state index is 0.498. The Hall–Kier alpha value is -1.26. The van der Waals surface area contributed by atoms with E-state index in [1.54, 1.807) is 0 Å². The Morgan fingerprint density at radius 1 is 1.33 bits per heavy atom. The number of hydrogen-bond acceptors (Lipinski definition) is 3. The monoisotopic (exact) mass is 259 g/mol. The van der Waals surface area contributed by atoms with Crippen molar-refractivity contribution in [1.82, 2.24) is 15.1 Å². The van der Waals surface area contributed by atoms with Gasteiger partial charge in [-0.05, 0) is 29.9 Å². The van der Waals surface area contributed by atoms with E-state index in [2.05, 4.69) is 34.7 Å². The second-order valence-corrected chi connectivity index (χ2v) is 5.59. The van der Waals surface area contributed by atoms with Crippen molar-refractivity contribution in [2.75, 3.05) is 12.3 Å². The molecule has 1 N–H and O–H groups in total. The summed E-state index contributed by atoms with van der Waals surface area (Å²) in [6.45, 7) is 1.89. The molecule has 0 aliphatic carbocycles. The summed E-state index contributed by atoms with van der Waals surface area (Å²) in [7, 11) is 0. The van der Waals surface area contributed by atoms with Gasteiger partial charge in [0.1, 0.15) is 0 Å². The Bertz CT molecular complexity index is 496. The predicted molar refractivity (Wildman–Crippen MR) is 74.8 cm³/mol. The van der Waals surface area contributed by atoms with Crippen molar-refractivity contribution in [3.05, 3.63) is 48.3 Å². The molecular weight excluding hydrogens is 242 g/mol. The van der Waals surface area contributed by atoms with Crippen LogP contribution in [0.25, 0.3) is 0 Å². The zero-order chi connectivity index (χ0) is 12.2. The fourth-order valence-corrected chi connectivity index (χ4v) is 3.47. The average Bonchev–Trinajstić information content (AvgIpc) is 2.92. The third-order valence-corrected chi connectivity index (χ3v) is 4.37. The minimum Gasteiger partial charge on any atom is -0.308 e. The molecule has 0 amide bonds. The molecule has 0 saturated carbocycles. The highest BCUT2D eigenvalue weighted by molar-refractivity contribution is 7.99. The second kappa shape index (κ2) is 5.59. The van der Waals surface area contributed by atoms with Crippen molar-refractivity contribution in [1.29, 1.82) is 0 Å². The lowest BCUT2D eigenvalue weighted by atomic mass is 10.0. The van der Waals surface area contributed by atoms with Crippen molar-refractivity contribution in [2.45, 2.75) is 23.9 Å². The Morgan fingerprint density at radius 3 is 3.17 bits per heavy atom. The van der Waals surface area contributed by atoms with Gasteiger partial charge in [-0.15, -0.1) is 11.8 Å². The smallest absolute Gasteiger partial charge is 0.0534 e. The van der Waals surface area contributed by atoms with E-state index in [1.165, 1.54) is 22.6 Å². The van der Waals surface area contributed by atoms with E-state index in [0.717, 1.165) is 13.1 Å². The normalized spacial score (nSPS) is 18.6. The first-order valence-electron chi connectivity index (χ1n) is 6.36. The lowest BCUT2D eigenvalue weighted by Crippen LogP contribution is -2.27. The van der Waals surface area contributed by atoms with E-state index < -0.39 is 0 Å². The summed E-state index contributed by atoms with van der Waals surface area (Å²) in [4.78, 5) is 1.43.